The molecule has 1 aliphatic rings. The Morgan fingerprint density at radius 2 is 2.24 bits per heavy atom. The number of aromatic nitrogens is 4. The summed E-state index contributed by atoms with van der Waals surface area (Å²) >= 11 is 1.62. The fourth-order valence-electron chi connectivity index (χ4n) is 2.23. The first-order chi connectivity index (χ1) is 8.40. The zero-order valence-electron chi connectivity index (χ0n) is 9.06. The molecule has 0 saturated heterocycles. The van der Waals surface area contributed by atoms with Gasteiger partial charge >= 0.3 is 0 Å². The fourth-order valence-corrected chi connectivity index (χ4v) is 3.47. The maximum absolute atomic E-state index is 10.6. The Labute approximate surface area is 101 Å². The van der Waals surface area contributed by atoms with E-state index in [2.05, 4.69) is 25.9 Å². The standard InChI is InChI=1S/C10H11N5OS/c16-5-11-10-8(9-12-14-15-13-9)6-3-1-2-4-7(6)17-10/h5H,1-4H2,(H,11,16)(H,12,13,14,15). The molecule has 0 unspecified atom stereocenters. The first-order valence-corrected chi connectivity index (χ1v) is 6.30. The number of amides is 1. The summed E-state index contributed by atoms with van der Waals surface area (Å²) in [7, 11) is 0. The largest absolute Gasteiger partial charge is 0.320 e. The van der Waals surface area contributed by atoms with Crippen molar-refractivity contribution in [2.45, 2.75) is 25.7 Å². The minimum absolute atomic E-state index is 0.564. The van der Waals surface area contributed by atoms with Crippen LogP contribution in [0.1, 0.15) is 23.3 Å². The quantitative estimate of drug-likeness (QED) is 0.805. The van der Waals surface area contributed by atoms with Gasteiger partial charge in [0, 0.05) is 4.88 Å². The second-order valence-corrected chi connectivity index (χ2v) is 5.02. The Morgan fingerprint density at radius 3 is 3.00 bits per heavy atom. The summed E-state index contributed by atoms with van der Waals surface area (Å²) < 4.78 is 0. The normalized spacial score (nSPS) is 14.4. The van der Waals surface area contributed by atoms with Crippen LogP contribution < -0.4 is 5.32 Å². The predicted molar refractivity (Wildman–Crippen MR) is 63.8 cm³/mol. The molecule has 2 aromatic rings. The Morgan fingerprint density at radius 1 is 1.35 bits per heavy atom. The van der Waals surface area contributed by atoms with Gasteiger partial charge in [0.2, 0.25) is 12.2 Å². The number of fused-ring (bicyclic) bond motifs is 1. The van der Waals surface area contributed by atoms with Crippen molar-refractivity contribution in [1.29, 1.82) is 0 Å². The molecule has 2 heterocycles. The zero-order valence-corrected chi connectivity index (χ0v) is 9.88. The molecule has 0 atom stereocenters. The zero-order chi connectivity index (χ0) is 11.7. The number of thiophene rings is 1. The van der Waals surface area contributed by atoms with Gasteiger partial charge in [-0.3, -0.25) is 4.79 Å². The summed E-state index contributed by atoms with van der Waals surface area (Å²) in [4.78, 5) is 12.0. The average Bonchev–Trinajstić information content (AvgIpc) is 2.94. The van der Waals surface area contributed by atoms with Crippen LogP contribution in [0, 0.1) is 0 Å². The average molecular weight is 249 g/mol. The van der Waals surface area contributed by atoms with Crippen LogP contribution in [-0.2, 0) is 17.6 Å². The van der Waals surface area contributed by atoms with E-state index in [1.807, 2.05) is 0 Å². The van der Waals surface area contributed by atoms with E-state index in [4.69, 9.17) is 0 Å². The monoisotopic (exact) mass is 249 g/mol. The first-order valence-electron chi connectivity index (χ1n) is 5.48. The Balaban J connectivity index is 2.15. The number of carbonyl (C=O) groups excluding carboxylic acids is 1. The maximum atomic E-state index is 10.6. The fraction of sp³-hybridized carbons (Fsp3) is 0.400. The summed E-state index contributed by atoms with van der Waals surface area (Å²) in [5, 5.41) is 17.6. The molecule has 2 aromatic heterocycles. The van der Waals surface area contributed by atoms with Crippen LogP contribution in [-0.4, -0.2) is 27.0 Å². The van der Waals surface area contributed by atoms with Crippen molar-refractivity contribution < 1.29 is 4.79 Å². The summed E-state index contributed by atoms with van der Waals surface area (Å²) in [6.45, 7) is 0. The van der Waals surface area contributed by atoms with E-state index in [0.29, 0.717) is 12.2 Å². The lowest BCUT2D eigenvalue weighted by Gasteiger charge is -2.10. The minimum atomic E-state index is 0.564. The van der Waals surface area contributed by atoms with E-state index in [-0.39, 0.29) is 0 Å². The molecule has 0 saturated carbocycles. The van der Waals surface area contributed by atoms with Crippen LogP contribution in [0.15, 0.2) is 0 Å². The topological polar surface area (TPSA) is 83.6 Å². The summed E-state index contributed by atoms with van der Waals surface area (Å²) in [6.07, 6.45) is 5.18. The third-order valence-corrected chi connectivity index (χ3v) is 4.15. The van der Waals surface area contributed by atoms with Crippen LogP contribution in [0.5, 0.6) is 0 Å². The number of anilines is 1. The number of tetrazole rings is 1. The van der Waals surface area contributed by atoms with Crippen molar-refractivity contribution in [2.75, 3.05) is 5.32 Å². The van der Waals surface area contributed by atoms with E-state index in [0.717, 1.165) is 23.4 Å². The molecule has 6 nitrogen and oxygen atoms in total. The number of aromatic amines is 1. The van der Waals surface area contributed by atoms with E-state index in [9.17, 15) is 4.79 Å². The number of nitrogens with zero attached hydrogens (tertiary/aromatic N) is 3. The van der Waals surface area contributed by atoms with Crippen LogP contribution in [0.4, 0.5) is 5.00 Å². The van der Waals surface area contributed by atoms with Gasteiger partial charge < -0.3 is 5.32 Å². The van der Waals surface area contributed by atoms with Crippen LogP contribution in [0.3, 0.4) is 0 Å². The van der Waals surface area contributed by atoms with Gasteiger partial charge in [0.1, 0.15) is 5.00 Å². The Kier molecular flexibility index (Phi) is 2.60. The highest BCUT2D eigenvalue weighted by Gasteiger charge is 2.23. The molecule has 88 valence electrons. The molecule has 2 N–H and O–H groups in total. The van der Waals surface area contributed by atoms with Gasteiger partial charge in [-0.2, -0.15) is 5.21 Å². The minimum Gasteiger partial charge on any atom is -0.320 e. The number of H-pyrrole nitrogens is 1. The van der Waals surface area contributed by atoms with Gasteiger partial charge in [0.05, 0.1) is 5.56 Å². The van der Waals surface area contributed by atoms with Gasteiger partial charge in [0.15, 0.2) is 0 Å². The Hall–Kier alpha value is -1.76. The van der Waals surface area contributed by atoms with E-state index < -0.39 is 0 Å². The SMILES string of the molecule is O=CNc1sc2c(c1-c1nn[nH]n1)CCCC2. The van der Waals surface area contributed by atoms with E-state index in [1.54, 1.807) is 11.3 Å². The molecule has 1 aliphatic carbocycles. The van der Waals surface area contributed by atoms with Crippen molar-refractivity contribution in [1.82, 2.24) is 20.6 Å². The highest BCUT2D eigenvalue weighted by Crippen LogP contribution is 2.42. The lowest BCUT2D eigenvalue weighted by atomic mass is 9.95. The van der Waals surface area contributed by atoms with Crippen LogP contribution >= 0.6 is 11.3 Å². The lowest BCUT2D eigenvalue weighted by Crippen LogP contribution is -2.01. The molecular formula is C10H11N5OS. The van der Waals surface area contributed by atoms with Crippen molar-refractivity contribution in [2.24, 2.45) is 0 Å². The van der Waals surface area contributed by atoms with Gasteiger partial charge in [-0.15, -0.1) is 21.5 Å². The molecule has 0 spiro atoms. The van der Waals surface area contributed by atoms with Gasteiger partial charge in [-0.25, -0.2) is 0 Å². The predicted octanol–water partition coefficient (Wildman–Crippen LogP) is 1.38. The molecule has 1 amide bonds. The van der Waals surface area contributed by atoms with Gasteiger partial charge in [-0.1, -0.05) is 0 Å². The van der Waals surface area contributed by atoms with Gasteiger partial charge in [0.25, 0.3) is 0 Å². The number of aryl methyl sites for hydroxylation is 1. The number of hydrogen-bond donors (Lipinski definition) is 2. The van der Waals surface area contributed by atoms with E-state index >= 15 is 0 Å². The van der Waals surface area contributed by atoms with Crippen molar-refractivity contribution in [3.05, 3.63) is 10.4 Å². The van der Waals surface area contributed by atoms with Crippen molar-refractivity contribution in [3.8, 4) is 11.4 Å². The number of rotatable bonds is 3. The highest BCUT2D eigenvalue weighted by molar-refractivity contribution is 7.17. The summed E-state index contributed by atoms with van der Waals surface area (Å²) in [6, 6.07) is 0. The lowest BCUT2D eigenvalue weighted by molar-refractivity contribution is -0.105. The highest BCUT2D eigenvalue weighted by atomic mass is 32.1. The third-order valence-electron chi connectivity index (χ3n) is 2.93. The Bertz CT molecular complexity index is 533. The van der Waals surface area contributed by atoms with Gasteiger partial charge in [-0.05, 0) is 36.5 Å². The summed E-state index contributed by atoms with van der Waals surface area (Å²) in [5.74, 6) is 0.564. The molecular weight excluding hydrogens is 238 g/mol. The van der Waals surface area contributed by atoms with Crippen LogP contribution in [0.25, 0.3) is 11.4 Å². The number of carbonyl (C=O) groups is 1. The van der Waals surface area contributed by atoms with Crippen molar-refractivity contribution in [3.63, 3.8) is 0 Å². The molecule has 7 heteroatoms. The molecule has 3 rings (SSSR count). The first kappa shape index (κ1) is 10.4. The smallest absolute Gasteiger partial charge is 0.212 e. The molecule has 0 aromatic carbocycles. The molecule has 0 aliphatic heterocycles. The molecule has 0 bridgehead atoms. The van der Waals surface area contributed by atoms with Crippen molar-refractivity contribution >= 4 is 22.7 Å². The van der Waals surface area contributed by atoms with E-state index in [1.165, 1.54) is 23.3 Å². The maximum Gasteiger partial charge on any atom is 0.212 e. The molecule has 0 radical (unpaired) electrons. The number of nitrogens with one attached hydrogen (secondary N) is 2. The second-order valence-electron chi connectivity index (χ2n) is 3.91. The van der Waals surface area contributed by atoms with Crippen LogP contribution in [0.2, 0.25) is 0 Å². The molecule has 17 heavy (non-hydrogen) atoms. The number of hydrogen-bond acceptors (Lipinski definition) is 5. The molecule has 0 fully saturated rings. The third kappa shape index (κ3) is 1.72. The summed E-state index contributed by atoms with van der Waals surface area (Å²) in [5.41, 5.74) is 2.21. The second kappa shape index (κ2) is 4.25.